The molecule has 0 aliphatic heterocycles. The molecule has 4 heteroatoms. The number of esters is 1. The normalized spacial score (nSPS) is 12.0. The van der Waals surface area contributed by atoms with Crippen LogP contribution in [0.2, 0.25) is 0 Å². The molecule has 0 fully saturated rings. The number of rotatable bonds is 8. The Kier molecular flexibility index (Phi) is 6.90. The number of benzene rings is 2. The van der Waals surface area contributed by atoms with Crippen molar-refractivity contribution in [3.63, 3.8) is 0 Å². The van der Waals surface area contributed by atoms with E-state index in [9.17, 15) is 9.59 Å². The minimum absolute atomic E-state index is 0.0442. The van der Waals surface area contributed by atoms with Crippen molar-refractivity contribution < 1.29 is 14.3 Å². The highest BCUT2D eigenvalue weighted by molar-refractivity contribution is 5.98. The van der Waals surface area contributed by atoms with Gasteiger partial charge in [0.2, 0.25) is 0 Å². The van der Waals surface area contributed by atoms with Gasteiger partial charge in [-0.15, -0.1) is 0 Å². The number of carbonyl (C=O) groups is 2. The van der Waals surface area contributed by atoms with Crippen LogP contribution in [0.4, 0.5) is 0 Å². The highest BCUT2D eigenvalue weighted by Crippen LogP contribution is 2.19. The second-order valence-corrected chi connectivity index (χ2v) is 6.45. The number of nitrogens with one attached hydrogen (secondary N) is 1. The summed E-state index contributed by atoms with van der Waals surface area (Å²) in [7, 11) is 1.36. The van der Waals surface area contributed by atoms with Crippen molar-refractivity contribution in [3.05, 3.63) is 60.2 Å². The quantitative estimate of drug-likeness (QED) is 0.588. The van der Waals surface area contributed by atoms with Crippen LogP contribution < -0.4 is 5.32 Å². The Morgan fingerprint density at radius 2 is 1.56 bits per heavy atom. The summed E-state index contributed by atoms with van der Waals surface area (Å²) in [6.45, 7) is 4.17. The highest BCUT2D eigenvalue weighted by Gasteiger charge is 2.21. The van der Waals surface area contributed by atoms with E-state index >= 15 is 0 Å². The molecule has 2 rings (SSSR count). The van der Waals surface area contributed by atoms with Crippen LogP contribution in [-0.4, -0.2) is 31.4 Å². The predicted molar refractivity (Wildman–Crippen MR) is 99.5 cm³/mol. The van der Waals surface area contributed by atoms with E-state index in [0.717, 1.165) is 11.1 Å². The molecule has 2 aromatic rings. The van der Waals surface area contributed by atoms with Gasteiger partial charge in [-0.05, 0) is 23.5 Å². The fraction of sp³-hybridized carbons (Fsp3) is 0.333. The van der Waals surface area contributed by atoms with Crippen molar-refractivity contribution in [1.82, 2.24) is 5.32 Å². The molecule has 0 amide bonds. The molecule has 2 aromatic carbocycles. The van der Waals surface area contributed by atoms with Crippen molar-refractivity contribution in [2.45, 2.75) is 26.3 Å². The van der Waals surface area contributed by atoms with Gasteiger partial charge in [0.25, 0.3) is 0 Å². The standard InChI is InChI=1S/C21H25NO3/c1-15(2)13-19(21(24)25-3)22-14-20(23)18-11-9-17(10-12-18)16-7-5-4-6-8-16/h4-12,15,19,22H,13-14H2,1-3H3. The largest absolute Gasteiger partial charge is 0.468 e. The number of ketones is 1. The first-order chi connectivity index (χ1) is 12.0. The fourth-order valence-electron chi connectivity index (χ4n) is 2.67. The molecule has 0 bridgehead atoms. The molecule has 0 aliphatic rings. The van der Waals surface area contributed by atoms with E-state index in [1.165, 1.54) is 7.11 Å². The van der Waals surface area contributed by atoms with Crippen molar-refractivity contribution in [2.75, 3.05) is 13.7 Å². The van der Waals surface area contributed by atoms with Gasteiger partial charge < -0.3 is 4.74 Å². The van der Waals surface area contributed by atoms with Crippen molar-refractivity contribution in [1.29, 1.82) is 0 Å². The molecule has 0 aliphatic carbocycles. The molecule has 132 valence electrons. The summed E-state index contributed by atoms with van der Waals surface area (Å²) in [6, 6.07) is 17.1. The summed E-state index contributed by atoms with van der Waals surface area (Å²) in [6.07, 6.45) is 0.632. The van der Waals surface area contributed by atoms with Crippen LogP contribution in [0.25, 0.3) is 11.1 Å². The van der Waals surface area contributed by atoms with E-state index in [-0.39, 0.29) is 18.3 Å². The zero-order chi connectivity index (χ0) is 18.2. The first-order valence-electron chi connectivity index (χ1n) is 8.51. The molecular weight excluding hydrogens is 314 g/mol. The number of methoxy groups -OCH3 is 1. The van der Waals surface area contributed by atoms with Crippen LogP contribution in [0.1, 0.15) is 30.6 Å². The van der Waals surface area contributed by atoms with Crippen molar-refractivity contribution in [3.8, 4) is 11.1 Å². The van der Waals surface area contributed by atoms with Gasteiger partial charge in [-0.2, -0.15) is 0 Å². The predicted octanol–water partition coefficient (Wildman–Crippen LogP) is 3.71. The lowest BCUT2D eigenvalue weighted by Gasteiger charge is -2.18. The summed E-state index contributed by atoms with van der Waals surface area (Å²) >= 11 is 0. The summed E-state index contributed by atoms with van der Waals surface area (Å²) in [5.41, 5.74) is 2.81. The molecule has 1 unspecified atom stereocenters. The fourth-order valence-corrected chi connectivity index (χ4v) is 2.67. The molecule has 0 saturated carbocycles. The third-order valence-electron chi connectivity index (χ3n) is 4.02. The van der Waals surface area contributed by atoms with Crippen LogP contribution in [0.5, 0.6) is 0 Å². The topological polar surface area (TPSA) is 55.4 Å². The number of carbonyl (C=O) groups excluding carboxylic acids is 2. The Balaban J connectivity index is 1.99. The molecule has 4 nitrogen and oxygen atoms in total. The maximum atomic E-state index is 12.4. The van der Waals surface area contributed by atoms with E-state index in [1.807, 2.05) is 68.4 Å². The summed E-state index contributed by atoms with van der Waals surface area (Å²) in [4.78, 5) is 24.2. The average molecular weight is 339 g/mol. The SMILES string of the molecule is COC(=O)C(CC(C)C)NCC(=O)c1ccc(-c2ccccc2)cc1. The van der Waals surface area contributed by atoms with Crippen molar-refractivity contribution in [2.24, 2.45) is 5.92 Å². The zero-order valence-electron chi connectivity index (χ0n) is 15.0. The van der Waals surface area contributed by atoms with E-state index in [1.54, 1.807) is 0 Å². The van der Waals surface area contributed by atoms with E-state index in [2.05, 4.69) is 5.32 Å². The number of ether oxygens (including phenoxy) is 1. The van der Waals surface area contributed by atoms with Crippen molar-refractivity contribution >= 4 is 11.8 Å². The zero-order valence-corrected chi connectivity index (χ0v) is 15.0. The van der Waals surface area contributed by atoms with Gasteiger partial charge in [0.15, 0.2) is 5.78 Å². The van der Waals surface area contributed by atoms with Gasteiger partial charge in [-0.3, -0.25) is 14.9 Å². The lowest BCUT2D eigenvalue weighted by molar-refractivity contribution is -0.143. The molecule has 25 heavy (non-hydrogen) atoms. The average Bonchev–Trinajstić information content (AvgIpc) is 2.64. The number of hydrogen-bond acceptors (Lipinski definition) is 4. The second-order valence-electron chi connectivity index (χ2n) is 6.45. The Bertz CT molecular complexity index is 693. The van der Waals surface area contributed by atoms with E-state index in [4.69, 9.17) is 4.74 Å². The summed E-state index contributed by atoms with van der Waals surface area (Å²) in [5.74, 6) is -0.0462. The van der Waals surface area contributed by atoms with Crippen LogP contribution in [0.15, 0.2) is 54.6 Å². The number of Topliss-reactive ketones (excluding diaryl/α,β-unsaturated/α-hetero) is 1. The lowest BCUT2D eigenvalue weighted by Crippen LogP contribution is -2.41. The molecule has 0 spiro atoms. The summed E-state index contributed by atoms with van der Waals surface area (Å²) < 4.78 is 4.80. The molecule has 0 saturated heterocycles. The first-order valence-corrected chi connectivity index (χ1v) is 8.51. The molecule has 0 aromatic heterocycles. The van der Waals surface area contributed by atoms with Crippen LogP contribution in [0.3, 0.4) is 0 Å². The Morgan fingerprint density at radius 1 is 0.960 bits per heavy atom. The van der Waals surface area contributed by atoms with Gasteiger partial charge in [0.05, 0.1) is 13.7 Å². The second kappa shape index (κ2) is 9.14. The minimum Gasteiger partial charge on any atom is -0.468 e. The van der Waals surface area contributed by atoms with Gasteiger partial charge in [-0.1, -0.05) is 68.4 Å². The van der Waals surface area contributed by atoms with Crippen LogP contribution in [-0.2, 0) is 9.53 Å². The monoisotopic (exact) mass is 339 g/mol. The van der Waals surface area contributed by atoms with Gasteiger partial charge in [-0.25, -0.2) is 0 Å². The van der Waals surface area contributed by atoms with Crippen LogP contribution in [0, 0.1) is 5.92 Å². The van der Waals surface area contributed by atoms with Gasteiger partial charge in [0.1, 0.15) is 6.04 Å². The maximum Gasteiger partial charge on any atom is 0.322 e. The Labute approximate surface area is 149 Å². The lowest BCUT2D eigenvalue weighted by atomic mass is 10.0. The van der Waals surface area contributed by atoms with E-state index < -0.39 is 6.04 Å². The molecule has 1 atom stereocenters. The van der Waals surface area contributed by atoms with E-state index in [0.29, 0.717) is 17.9 Å². The maximum absolute atomic E-state index is 12.4. The minimum atomic E-state index is -0.461. The van der Waals surface area contributed by atoms with Crippen LogP contribution >= 0.6 is 0 Å². The molecular formula is C21H25NO3. The Hall–Kier alpha value is -2.46. The first kappa shape index (κ1) is 18.9. The third kappa shape index (κ3) is 5.54. The third-order valence-corrected chi connectivity index (χ3v) is 4.02. The highest BCUT2D eigenvalue weighted by atomic mass is 16.5. The molecule has 1 N–H and O–H groups in total. The Morgan fingerprint density at radius 3 is 2.12 bits per heavy atom. The van der Waals surface area contributed by atoms with Gasteiger partial charge in [0, 0.05) is 5.56 Å². The molecule has 0 radical (unpaired) electrons. The smallest absolute Gasteiger partial charge is 0.322 e. The van der Waals surface area contributed by atoms with Gasteiger partial charge >= 0.3 is 5.97 Å². The summed E-state index contributed by atoms with van der Waals surface area (Å²) in [5, 5.41) is 3.02. The molecule has 0 heterocycles. The number of hydrogen-bond donors (Lipinski definition) is 1.